The zero-order valence-electron chi connectivity index (χ0n) is 6.67. The molecule has 12 heavy (non-hydrogen) atoms. The van der Waals surface area contributed by atoms with Gasteiger partial charge in [0.2, 0.25) is 0 Å². The van der Waals surface area contributed by atoms with Crippen LogP contribution in [0.15, 0.2) is 18.7 Å². The van der Waals surface area contributed by atoms with Gasteiger partial charge in [0.1, 0.15) is 5.69 Å². The first-order valence-electron chi connectivity index (χ1n) is 3.45. The molecule has 0 aliphatic heterocycles. The van der Waals surface area contributed by atoms with Crippen LogP contribution >= 0.6 is 0 Å². The highest BCUT2D eigenvalue weighted by molar-refractivity contribution is 5.92. The maximum atomic E-state index is 12.8. The summed E-state index contributed by atoms with van der Waals surface area (Å²) >= 11 is 0. The minimum atomic E-state index is -0.590. The third kappa shape index (κ3) is 1.56. The number of nitrogens with zero attached hydrogens (tertiary/aromatic N) is 1. The Labute approximate surface area is 69.7 Å². The summed E-state index contributed by atoms with van der Waals surface area (Å²) in [4.78, 5) is 14.5. The molecule has 0 spiro atoms. The number of rotatable bonds is 2. The molecule has 0 saturated heterocycles. The fourth-order valence-corrected chi connectivity index (χ4v) is 0.818. The highest BCUT2D eigenvalue weighted by Crippen LogP contribution is 2.07. The predicted octanol–water partition coefficient (Wildman–Crippen LogP) is 2.07. The van der Waals surface area contributed by atoms with Crippen molar-refractivity contribution in [3.63, 3.8) is 0 Å². The molecule has 3 heteroatoms. The fourth-order valence-electron chi connectivity index (χ4n) is 0.818. The van der Waals surface area contributed by atoms with Crippen molar-refractivity contribution in [3.8, 4) is 0 Å². The van der Waals surface area contributed by atoms with Crippen LogP contribution in [0.3, 0.4) is 0 Å². The van der Waals surface area contributed by atoms with E-state index in [1.165, 1.54) is 25.1 Å². The first-order valence-corrected chi connectivity index (χ1v) is 3.45. The SMILES string of the molecule is C=Cc1ccc(F)c(C(C)=O)n1. The van der Waals surface area contributed by atoms with Gasteiger partial charge in [-0.3, -0.25) is 4.79 Å². The number of aromatic nitrogens is 1. The van der Waals surface area contributed by atoms with Gasteiger partial charge in [-0.05, 0) is 18.2 Å². The van der Waals surface area contributed by atoms with Gasteiger partial charge in [-0.25, -0.2) is 9.37 Å². The molecule has 2 nitrogen and oxygen atoms in total. The standard InChI is InChI=1S/C9H8FNO/c1-3-7-4-5-8(10)9(11-7)6(2)12/h3-5H,1H2,2H3. The van der Waals surface area contributed by atoms with Crippen LogP contribution in [-0.4, -0.2) is 10.8 Å². The fraction of sp³-hybridized carbons (Fsp3) is 0.111. The number of hydrogen-bond acceptors (Lipinski definition) is 2. The normalized spacial score (nSPS) is 9.50. The molecule has 0 saturated carbocycles. The first kappa shape index (κ1) is 8.59. The minimum Gasteiger partial charge on any atom is -0.293 e. The van der Waals surface area contributed by atoms with Crippen molar-refractivity contribution in [3.05, 3.63) is 35.9 Å². The van der Waals surface area contributed by atoms with Crippen LogP contribution in [0, 0.1) is 5.82 Å². The van der Waals surface area contributed by atoms with Crippen molar-refractivity contribution in [2.75, 3.05) is 0 Å². The smallest absolute Gasteiger partial charge is 0.181 e. The Morgan fingerprint density at radius 1 is 1.67 bits per heavy atom. The Kier molecular flexibility index (Phi) is 2.33. The molecule has 0 amide bonds. The van der Waals surface area contributed by atoms with Crippen LogP contribution in [0.4, 0.5) is 4.39 Å². The molecule has 1 heterocycles. The molecule has 0 N–H and O–H groups in total. The average molecular weight is 165 g/mol. The quantitative estimate of drug-likeness (QED) is 0.628. The van der Waals surface area contributed by atoms with E-state index in [1.54, 1.807) is 0 Å². The first-order chi connectivity index (χ1) is 5.65. The summed E-state index contributed by atoms with van der Waals surface area (Å²) < 4.78 is 12.8. The molecule has 0 atom stereocenters. The van der Waals surface area contributed by atoms with Crippen LogP contribution in [-0.2, 0) is 0 Å². The summed E-state index contributed by atoms with van der Waals surface area (Å²) in [6.07, 6.45) is 1.46. The van der Waals surface area contributed by atoms with Crippen molar-refractivity contribution in [1.82, 2.24) is 4.98 Å². The van der Waals surface area contributed by atoms with E-state index in [0.717, 1.165) is 0 Å². The zero-order valence-corrected chi connectivity index (χ0v) is 6.67. The molecule has 1 aromatic rings. The van der Waals surface area contributed by atoms with Gasteiger partial charge < -0.3 is 0 Å². The largest absolute Gasteiger partial charge is 0.293 e. The molecule has 0 aromatic carbocycles. The molecule has 0 unspecified atom stereocenters. The van der Waals surface area contributed by atoms with Crippen LogP contribution in [0.2, 0.25) is 0 Å². The highest BCUT2D eigenvalue weighted by Gasteiger charge is 2.08. The van der Waals surface area contributed by atoms with E-state index in [1.807, 2.05) is 0 Å². The van der Waals surface area contributed by atoms with Crippen LogP contribution in [0.5, 0.6) is 0 Å². The molecule has 0 bridgehead atoms. The van der Waals surface area contributed by atoms with Crippen molar-refractivity contribution >= 4 is 11.9 Å². The minimum absolute atomic E-state index is 0.132. The second kappa shape index (κ2) is 3.26. The van der Waals surface area contributed by atoms with E-state index < -0.39 is 5.82 Å². The van der Waals surface area contributed by atoms with Crippen molar-refractivity contribution in [2.24, 2.45) is 0 Å². The number of carbonyl (C=O) groups excluding carboxylic acids is 1. The van der Waals surface area contributed by atoms with E-state index in [2.05, 4.69) is 11.6 Å². The maximum Gasteiger partial charge on any atom is 0.181 e. The van der Waals surface area contributed by atoms with Crippen molar-refractivity contribution in [1.29, 1.82) is 0 Å². The number of halogens is 1. The molecule has 0 aliphatic rings. The Morgan fingerprint density at radius 2 is 2.33 bits per heavy atom. The molecular weight excluding hydrogens is 157 g/mol. The summed E-state index contributed by atoms with van der Waals surface area (Å²) in [6, 6.07) is 2.68. The summed E-state index contributed by atoms with van der Waals surface area (Å²) in [5, 5.41) is 0. The lowest BCUT2D eigenvalue weighted by atomic mass is 10.2. The molecule has 0 radical (unpaired) electrons. The number of ketones is 1. The van der Waals surface area contributed by atoms with Gasteiger partial charge >= 0.3 is 0 Å². The van der Waals surface area contributed by atoms with E-state index in [-0.39, 0.29) is 11.5 Å². The molecule has 62 valence electrons. The van der Waals surface area contributed by atoms with Crippen molar-refractivity contribution in [2.45, 2.75) is 6.92 Å². The average Bonchev–Trinajstić information content (AvgIpc) is 2.05. The lowest BCUT2D eigenvalue weighted by Gasteiger charge is -1.98. The van der Waals surface area contributed by atoms with Gasteiger partial charge in [-0.1, -0.05) is 6.58 Å². The van der Waals surface area contributed by atoms with Crippen LogP contribution in [0.25, 0.3) is 6.08 Å². The Morgan fingerprint density at radius 3 is 2.83 bits per heavy atom. The monoisotopic (exact) mass is 165 g/mol. The maximum absolute atomic E-state index is 12.8. The van der Waals surface area contributed by atoms with Crippen LogP contribution in [0.1, 0.15) is 23.1 Å². The van der Waals surface area contributed by atoms with Crippen LogP contribution < -0.4 is 0 Å². The van der Waals surface area contributed by atoms with Gasteiger partial charge in [-0.15, -0.1) is 0 Å². The summed E-state index contributed by atoms with van der Waals surface area (Å²) in [5.74, 6) is -0.968. The summed E-state index contributed by atoms with van der Waals surface area (Å²) in [6.45, 7) is 4.74. The molecular formula is C9H8FNO. The molecule has 1 rings (SSSR count). The van der Waals surface area contributed by atoms with Gasteiger partial charge in [0, 0.05) is 6.92 Å². The van der Waals surface area contributed by atoms with E-state index in [9.17, 15) is 9.18 Å². The molecule has 0 aliphatic carbocycles. The predicted molar refractivity (Wildman–Crippen MR) is 44.3 cm³/mol. The summed E-state index contributed by atoms with van der Waals surface area (Å²) in [5.41, 5.74) is 0.369. The number of pyridine rings is 1. The second-order valence-electron chi connectivity index (χ2n) is 2.33. The number of Topliss-reactive ketones (excluding diaryl/α,β-unsaturated/α-hetero) is 1. The lowest BCUT2D eigenvalue weighted by molar-refractivity contribution is 0.100. The summed E-state index contributed by atoms with van der Waals surface area (Å²) in [7, 11) is 0. The third-order valence-corrected chi connectivity index (χ3v) is 1.41. The third-order valence-electron chi connectivity index (χ3n) is 1.41. The number of carbonyl (C=O) groups is 1. The molecule has 0 fully saturated rings. The number of hydrogen-bond donors (Lipinski definition) is 0. The van der Waals surface area contributed by atoms with Gasteiger partial charge in [0.15, 0.2) is 11.6 Å². The Bertz CT molecular complexity index is 333. The van der Waals surface area contributed by atoms with Gasteiger partial charge in [0.25, 0.3) is 0 Å². The van der Waals surface area contributed by atoms with E-state index in [0.29, 0.717) is 5.69 Å². The van der Waals surface area contributed by atoms with E-state index >= 15 is 0 Å². The van der Waals surface area contributed by atoms with Gasteiger partial charge in [0.05, 0.1) is 5.69 Å². The lowest BCUT2D eigenvalue weighted by Crippen LogP contribution is -2.01. The van der Waals surface area contributed by atoms with Crippen molar-refractivity contribution < 1.29 is 9.18 Å². The Balaban J connectivity index is 3.25. The Hall–Kier alpha value is -1.51. The molecule has 1 aromatic heterocycles. The zero-order chi connectivity index (χ0) is 9.14. The van der Waals surface area contributed by atoms with Gasteiger partial charge in [-0.2, -0.15) is 0 Å². The highest BCUT2D eigenvalue weighted by atomic mass is 19.1. The topological polar surface area (TPSA) is 30.0 Å². The van der Waals surface area contributed by atoms with E-state index in [4.69, 9.17) is 0 Å². The second-order valence-corrected chi connectivity index (χ2v) is 2.33.